The van der Waals surface area contributed by atoms with Crippen molar-refractivity contribution in [2.75, 3.05) is 0 Å². The Hall–Kier alpha value is -1.26. The summed E-state index contributed by atoms with van der Waals surface area (Å²) < 4.78 is 0.853. The van der Waals surface area contributed by atoms with Crippen LogP contribution < -0.4 is 5.73 Å². The Bertz CT molecular complexity index is 540. The van der Waals surface area contributed by atoms with Gasteiger partial charge in [-0.05, 0) is 40.2 Å². The van der Waals surface area contributed by atoms with Gasteiger partial charge in [-0.15, -0.1) is 0 Å². The van der Waals surface area contributed by atoms with Crippen LogP contribution in [0.25, 0.3) is 0 Å². The molecule has 2 nitrogen and oxygen atoms in total. The van der Waals surface area contributed by atoms with E-state index in [4.69, 9.17) is 11.1 Å². The number of nitrogens with two attached hydrogens (primary N) is 1. The van der Waals surface area contributed by atoms with E-state index in [0.29, 0.717) is 0 Å². The second-order valence-corrected chi connectivity index (χ2v) is 5.41. The van der Waals surface area contributed by atoms with Gasteiger partial charge in [-0.1, -0.05) is 36.0 Å². The minimum Gasteiger partial charge on any atom is -0.384 e. The molecule has 0 saturated heterocycles. The van der Waals surface area contributed by atoms with Crippen LogP contribution in [-0.4, -0.2) is 5.84 Å². The van der Waals surface area contributed by atoms with Crippen LogP contribution >= 0.6 is 27.7 Å². The maximum atomic E-state index is 7.62. The first-order valence-corrected chi connectivity index (χ1v) is 6.65. The highest BCUT2D eigenvalue weighted by Gasteiger charge is 2.10. The van der Waals surface area contributed by atoms with Crippen molar-refractivity contribution in [1.29, 1.82) is 5.41 Å². The zero-order valence-electron chi connectivity index (χ0n) is 8.98. The van der Waals surface area contributed by atoms with Crippen LogP contribution in [0.3, 0.4) is 0 Å². The molecule has 0 aliphatic heterocycles. The van der Waals surface area contributed by atoms with Gasteiger partial charge >= 0.3 is 0 Å². The van der Waals surface area contributed by atoms with Crippen molar-refractivity contribution in [2.24, 2.45) is 5.73 Å². The molecule has 0 spiro atoms. The Morgan fingerprint density at radius 1 is 1.06 bits per heavy atom. The second kappa shape index (κ2) is 5.38. The number of rotatable bonds is 3. The maximum Gasteiger partial charge on any atom is 0.125 e. The molecule has 17 heavy (non-hydrogen) atoms. The third-order valence-electron chi connectivity index (χ3n) is 2.22. The van der Waals surface area contributed by atoms with E-state index in [1.807, 2.05) is 48.5 Å². The molecule has 4 heteroatoms. The van der Waals surface area contributed by atoms with Crippen molar-refractivity contribution >= 4 is 33.5 Å². The molecular weight excluding hydrogens is 296 g/mol. The number of hydrogen-bond donors (Lipinski definition) is 2. The van der Waals surface area contributed by atoms with Crippen LogP contribution in [0.15, 0.2) is 62.8 Å². The normalized spacial score (nSPS) is 10.2. The van der Waals surface area contributed by atoms with Gasteiger partial charge in [-0.2, -0.15) is 0 Å². The van der Waals surface area contributed by atoms with E-state index in [2.05, 4.69) is 15.9 Å². The monoisotopic (exact) mass is 306 g/mol. The molecule has 3 N–H and O–H groups in total. The highest BCUT2D eigenvalue weighted by Crippen LogP contribution is 2.33. The molecule has 2 rings (SSSR count). The van der Waals surface area contributed by atoms with Crippen molar-refractivity contribution < 1.29 is 0 Å². The lowest BCUT2D eigenvalue weighted by Crippen LogP contribution is -2.13. The third kappa shape index (κ3) is 2.90. The summed E-state index contributed by atoms with van der Waals surface area (Å²) in [5.74, 6) is 0.0795. The summed E-state index contributed by atoms with van der Waals surface area (Å²) in [5.41, 5.74) is 6.36. The number of halogens is 1. The lowest BCUT2D eigenvalue weighted by molar-refractivity contribution is 1.31. The standard InChI is InChI=1S/C13H11BrN2S/c14-10-7-4-8-11(12(10)13(15)16)17-9-5-2-1-3-6-9/h1-8H,(H3,15,16). The van der Waals surface area contributed by atoms with Gasteiger partial charge in [0.05, 0.1) is 0 Å². The third-order valence-corrected chi connectivity index (χ3v) is 3.94. The predicted octanol–water partition coefficient (Wildman–Crippen LogP) is 3.88. The molecule has 0 atom stereocenters. The molecule has 0 radical (unpaired) electrons. The fourth-order valence-corrected chi connectivity index (χ4v) is 3.19. The Morgan fingerprint density at radius 3 is 2.41 bits per heavy atom. The van der Waals surface area contributed by atoms with Gasteiger partial charge in [0.15, 0.2) is 0 Å². The van der Waals surface area contributed by atoms with E-state index in [0.717, 1.165) is 19.8 Å². The number of nitrogens with one attached hydrogen (secondary N) is 1. The average molecular weight is 307 g/mol. The molecule has 0 aromatic heterocycles. The molecule has 86 valence electrons. The quantitative estimate of drug-likeness (QED) is 0.668. The molecule has 2 aromatic carbocycles. The van der Waals surface area contributed by atoms with Crippen molar-refractivity contribution in [3.8, 4) is 0 Å². The highest BCUT2D eigenvalue weighted by atomic mass is 79.9. The van der Waals surface area contributed by atoms with E-state index in [1.165, 1.54) is 0 Å². The summed E-state index contributed by atoms with van der Waals surface area (Å²) in [6.07, 6.45) is 0. The lowest BCUT2D eigenvalue weighted by Gasteiger charge is -2.09. The predicted molar refractivity (Wildman–Crippen MR) is 75.7 cm³/mol. The molecule has 0 fully saturated rings. The van der Waals surface area contributed by atoms with E-state index >= 15 is 0 Å². The number of benzene rings is 2. The molecule has 0 saturated carbocycles. The Kier molecular flexibility index (Phi) is 3.86. The molecule has 0 aliphatic carbocycles. The summed E-state index contributed by atoms with van der Waals surface area (Å²) in [6, 6.07) is 15.9. The highest BCUT2D eigenvalue weighted by molar-refractivity contribution is 9.10. The topological polar surface area (TPSA) is 49.9 Å². The van der Waals surface area contributed by atoms with Gasteiger partial charge in [0, 0.05) is 19.8 Å². The van der Waals surface area contributed by atoms with Crippen LogP contribution in [0.2, 0.25) is 0 Å². The SMILES string of the molecule is N=C(N)c1c(Br)cccc1Sc1ccccc1. The summed E-state index contributed by atoms with van der Waals surface area (Å²) in [5, 5.41) is 7.62. The zero-order valence-corrected chi connectivity index (χ0v) is 11.4. The largest absolute Gasteiger partial charge is 0.384 e. The fraction of sp³-hybridized carbons (Fsp3) is 0. The van der Waals surface area contributed by atoms with Crippen molar-refractivity contribution in [2.45, 2.75) is 9.79 Å². The van der Waals surface area contributed by atoms with Crippen LogP contribution in [0.4, 0.5) is 0 Å². The molecule has 0 heterocycles. The summed E-state index contributed by atoms with van der Waals surface area (Å²) >= 11 is 5.03. The summed E-state index contributed by atoms with van der Waals surface area (Å²) in [6.45, 7) is 0. The first-order chi connectivity index (χ1) is 8.18. The molecule has 2 aromatic rings. The molecule has 0 aliphatic rings. The Balaban J connectivity index is 2.40. The Morgan fingerprint density at radius 2 is 1.76 bits per heavy atom. The molecular formula is C13H11BrN2S. The second-order valence-electron chi connectivity index (χ2n) is 3.44. The van der Waals surface area contributed by atoms with E-state index in [-0.39, 0.29) is 5.84 Å². The van der Waals surface area contributed by atoms with Crippen molar-refractivity contribution in [3.63, 3.8) is 0 Å². The number of nitrogen functional groups attached to an aromatic ring is 1. The van der Waals surface area contributed by atoms with Crippen molar-refractivity contribution in [1.82, 2.24) is 0 Å². The minimum atomic E-state index is 0.0795. The number of amidine groups is 1. The van der Waals surface area contributed by atoms with Gasteiger partial charge in [0.25, 0.3) is 0 Å². The van der Waals surface area contributed by atoms with E-state index in [9.17, 15) is 0 Å². The first-order valence-electron chi connectivity index (χ1n) is 5.04. The van der Waals surface area contributed by atoms with Crippen LogP contribution in [0, 0.1) is 5.41 Å². The average Bonchev–Trinajstić information content (AvgIpc) is 2.30. The van der Waals surface area contributed by atoms with Crippen LogP contribution in [0.5, 0.6) is 0 Å². The molecule has 0 bridgehead atoms. The molecule has 0 amide bonds. The van der Waals surface area contributed by atoms with E-state index in [1.54, 1.807) is 11.8 Å². The van der Waals surface area contributed by atoms with Gasteiger partial charge in [0.1, 0.15) is 5.84 Å². The fourth-order valence-electron chi connectivity index (χ4n) is 1.47. The Labute approximate surface area is 113 Å². The smallest absolute Gasteiger partial charge is 0.125 e. The van der Waals surface area contributed by atoms with Gasteiger partial charge in [0.2, 0.25) is 0 Å². The van der Waals surface area contributed by atoms with Crippen LogP contribution in [0.1, 0.15) is 5.56 Å². The van der Waals surface area contributed by atoms with Gasteiger partial charge in [-0.25, -0.2) is 0 Å². The van der Waals surface area contributed by atoms with Crippen molar-refractivity contribution in [3.05, 3.63) is 58.6 Å². The lowest BCUT2D eigenvalue weighted by atomic mass is 10.2. The van der Waals surface area contributed by atoms with E-state index < -0.39 is 0 Å². The van der Waals surface area contributed by atoms with Gasteiger partial charge in [-0.3, -0.25) is 5.41 Å². The van der Waals surface area contributed by atoms with Gasteiger partial charge < -0.3 is 5.73 Å². The summed E-state index contributed by atoms with van der Waals surface area (Å²) in [7, 11) is 0. The molecule has 0 unspecified atom stereocenters. The maximum absolute atomic E-state index is 7.62. The summed E-state index contributed by atoms with van der Waals surface area (Å²) in [4.78, 5) is 2.12. The first kappa shape index (κ1) is 12.2. The van der Waals surface area contributed by atoms with Crippen LogP contribution in [-0.2, 0) is 0 Å². The minimum absolute atomic E-state index is 0.0795. The zero-order chi connectivity index (χ0) is 12.3. The number of hydrogen-bond acceptors (Lipinski definition) is 2.